The van der Waals surface area contributed by atoms with Gasteiger partial charge in [0.05, 0.1) is 6.04 Å². The van der Waals surface area contributed by atoms with E-state index >= 15 is 0 Å². The summed E-state index contributed by atoms with van der Waals surface area (Å²) in [4.78, 5) is 33.9. The maximum atomic E-state index is 11.6. The van der Waals surface area contributed by atoms with Crippen LogP contribution in [0.25, 0.3) is 0 Å². The Hall–Kier alpha value is -1.43. The first-order chi connectivity index (χ1) is 8.04. The van der Waals surface area contributed by atoms with Crippen molar-refractivity contribution in [2.24, 2.45) is 5.73 Å². The first kappa shape index (κ1) is 13.6. The highest BCUT2D eigenvalue weighted by Gasteiger charge is 2.28. The molecule has 0 aromatic heterocycles. The molecule has 1 aliphatic heterocycles. The first-order valence-corrected chi connectivity index (χ1v) is 5.94. The maximum absolute atomic E-state index is 11.6. The van der Waals surface area contributed by atoms with Crippen LogP contribution in [-0.4, -0.2) is 29.8 Å². The SMILES string of the molecule is CCCC[C@H](N)C(=O)NC1CCC(=O)NC1=O. The van der Waals surface area contributed by atoms with E-state index in [0.29, 0.717) is 12.8 Å². The molecule has 0 bridgehead atoms. The van der Waals surface area contributed by atoms with Gasteiger partial charge in [-0.3, -0.25) is 19.7 Å². The van der Waals surface area contributed by atoms with Gasteiger partial charge in [0.2, 0.25) is 17.7 Å². The molecule has 0 spiro atoms. The molecule has 1 aliphatic rings. The van der Waals surface area contributed by atoms with E-state index in [4.69, 9.17) is 5.73 Å². The smallest absolute Gasteiger partial charge is 0.249 e. The fourth-order valence-electron chi connectivity index (χ4n) is 1.67. The molecule has 0 aromatic rings. The van der Waals surface area contributed by atoms with Crippen LogP contribution in [0.1, 0.15) is 39.0 Å². The molecule has 1 rings (SSSR count). The average Bonchev–Trinajstić information content (AvgIpc) is 2.29. The first-order valence-electron chi connectivity index (χ1n) is 5.94. The zero-order valence-electron chi connectivity index (χ0n) is 9.99. The van der Waals surface area contributed by atoms with Gasteiger partial charge in [-0.15, -0.1) is 0 Å². The maximum Gasteiger partial charge on any atom is 0.249 e. The van der Waals surface area contributed by atoms with E-state index in [2.05, 4.69) is 10.6 Å². The van der Waals surface area contributed by atoms with Gasteiger partial charge in [0.25, 0.3) is 0 Å². The molecular formula is C11H19N3O3. The van der Waals surface area contributed by atoms with Gasteiger partial charge in [0.1, 0.15) is 6.04 Å². The minimum Gasteiger partial charge on any atom is -0.343 e. The van der Waals surface area contributed by atoms with E-state index in [1.807, 2.05) is 6.92 Å². The van der Waals surface area contributed by atoms with Crippen molar-refractivity contribution in [3.63, 3.8) is 0 Å². The number of carbonyl (C=O) groups is 3. The topological polar surface area (TPSA) is 101 Å². The molecule has 96 valence electrons. The van der Waals surface area contributed by atoms with Gasteiger partial charge in [-0.2, -0.15) is 0 Å². The second-order valence-corrected chi connectivity index (χ2v) is 4.26. The Morgan fingerprint density at radius 3 is 2.88 bits per heavy atom. The second-order valence-electron chi connectivity index (χ2n) is 4.26. The molecule has 1 fully saturated rings. The lowest BCUT2D eigenvalue weighted by atomic mass is 10.0. The van der Waals surface area contributed by atoms with Crippen LogP contribution in [0, 0.1) is 0 Å². The van der Waals surface area contributed by atoms with Crippen molar-refractivity contribution in [2.75, 3.05) is 0 Å². The molecule has 0 aromatic carbocycles. The molecule has 0 aliphatic carbocycles. The lowest BCUT2D eigenvalue weighted by Crippen LogP contribution is -2.55. The highest BCUT2D eigenvalue weighted by molar-refractivity contribution is 6.01. The lowest BCUT2D eigenvalue weighted by molar-refractivity contribution is -0.137. The summed E-state index contributed by atoms with van der Waals surface area (Å²) in [5.41, 5.74) is 5.68. The fourth-order valence-corrected chi connectivity index (χ4v) is 1.67. The predicted octanol–water partition coefficient (Wildman–Crippen LogP) is -0.575. The molecule has 1 heterocycles. The molecule has 0 radical (unpaired) electrons. The van der Waals surface area contributed by atoms with E-state index in [1.165, 1.54) is 0 Å². The zero-order chi connectivity index (χ0) is 12.8. The number of nitrogens with two attached hydrogens (primary N) is 1. The van der Waals surface area contributed by atoms with Gasteiger partial charge in [0, 0.05) is 6.42 Å². The number of hydrogen-bond acceptors (Lipinski definition) is 4. The number of rotatable bonds is 5. The largest absolute Gasteiger partial charge is 0.343 e. The van der Waals surface area contributed by atoms with Crippen LogP contribution in [0.5, 0.6) is 0 Å². The summed E-state index contributed by atoms with van der Waals surface area (Å²) in [5.74, 6) is -1.07. The molecule has 4 N–H and O–H groups in total. The van der Waals surface area contributed by atoms with E-state index in [1.54, 1.807) is 0 Å². The van der Waals surface area contributed by atoms with Crippen LogP contribution in [0.3, 0.4) is 0 Å². The monoisotopic (exact) mass is 241 g/mol. The van der Waals surface area contributed by atoms with Crippen LogP contribution < -0.4 is 16.4 Å². The van der Waals surface area contributed by atoms with Gasteiger partial charge in [-0.25, -0.2) is 0 Å². The summed E-state index contributed by atoms with van der Waals surface area (Å²) in [5, 5.41) is 4.75. The van der Waals surface area contributed by atoms with Crippen molar-refractivity contribution >= 4 is 17.7 Å². The quantitative estimate of drug-likeness (QED) is 0.561. The third kappa shape index (κ3) is 4.14. The van der Waals surface area contributed by atoms with Crippen molar-refractivity contribution in [1.29, 1.82) is 0 Å². The Bertz CT molecular complexity index is 317. The van der Waals surface area contributed by atoms with Gasteiger partial charge < -0.3 is 11.1 Å². The summed E-state index contributed by atoms with van der Waals surface area (Å²) in [6, 6.07) is -1.21. The van der Waals surface area contributed by atoms with E-state index in [9.17, 15) is 14.4 Å². The van der Waals surface area contributed by atoms with E-state index in [-0.39, 0.29) is 18.2 Å². The number of hydrogen-bond donors (Lipinski definition) is 3. The Kier molecular flexibility index (Phi) is 5.09. The van der Waals surface area contributed by atoms with Gasteiger partial charge in [0.15, 0.2) is 0 Å². The van der Waals surface area contributed by atoms with Crippen LogP contribution >= 0.6 is 0 Å². The van der Waals surface area contributed by atoms with Crippen LogP contribution in [0.4, 0.5) is 0 Å². The van der Waals surface area contributed by atoms with E-state index in [0.717, 1.165) is 12.8 Å². The molecule has 6 heteroatoms. The van der Waals surface area contributed by atoms with Gasteiger partial charge in [-0.05, 0) is 12.8 Å². The van der Waals surface area contributed by atoms with Crippen LogP contribution in [0.2, 0.25) is 0 Å². The Morgan fingerprint density at radius 1 is 1.59 bits per heavy atom. The number of nitrogens with one attached hydrogen (secondary N) is 2. The zero-order valence-corrected chi connectivity index (χ0v) is 9.99. The van der Waals surface area contributed by atoms with Crippen molar-refractivity contribution in [3.8, 4) is 0 Å². The standard InChI is InChI=1S/C11H19N3O3/c1-2-3-4-7(12)10(16)13-8-5-6-9(15)14-11(8)17/h7-8H,2-6,12H2,1H3,(H,13,16)(H,14,15,17)/t7-,8?/m0/s1. The van der Waals surface area contributed by atoms with Crippen molar-refractivity contribution in [3.05, 3.63) is 0 Å². The van der Waals surface area contributed by atoms with E-state index < -0.39 is 18.0 Å². The third-order valence-electron chi connectivity index (χ3n) is 2.76. The molecule has 1 unspecified atom stereocenters. The normalized spacial score (nSPS) is 21.9. The summed E-state index contributed by atoms with van der Waals surface area (Å²) in [6.07, 6.45) is 3.05. The Morgan fingerprint density at radius 2 is 2.29 bits per heavy atom. The molecule has 0 saturated carbocycles. The number of imide groups is 1. The number of unbranched alkanes of at least 4 members (excludes halogenated alkanes) is 1. The highest BCUT2D eigenvalue weighted by atomic mass is 16.2. The van der Waals surface area contributed by atoms with Crippen LogP contribution in [0.15, 0.2) is 0 Å². The Labute approximate surface area is 100 Å². The highest BCUT2D eigenvalue weighted by Crippen LogP contribution is 2.05. The molecule has 3 amide bonds. The molecule has 1 saturated heterocycles. The molecule has 17 heavy (non-hydrogen) atoms. The number of piperidine rings is 1. The summed E-state index contributed by atoms with van der Waals surface area (Å²) < 4.78 is 0. The predicted molar refractivity (Wildman–Crippen MR) is 61.8 cm³/mol. The van der Waals surface area contributed by atoms with Crippen molar-refractivity contribution < 1.29 is 14.4 Å². The average molecular weight is 241 g/mol. The minimum atomic E-state index is -0.632. The van der Waals surface area contributed by atoms with Gasteiger partial charge in [-0.1, -0.05) is 19.8 Å². The lowest BCUT2D eigenvalue weighted by Gasteiger charge is -2.23. The molecular weight excluding hydrogens is 222 g/mol. The van der Waals surface area contributed by atoms with Gasteiger partial charge >= 0.3 is 0 Å². The summed E-state index contributed by atoms with van der Waals surface area (Å²) in [6.45, 7) is 2.02. The van der Waals surface area contributed by atoms with Crippen molar-refractivity contribution in [2.45, 2.75) is 51.1 Å². The fraction of sp³-hybridized carbons (Fsp3) is 0.727. The minimum absolute atomic E-state index is 0.251. The number of amides is 3. The van der Waals surface area contributed by atoms with Crippen LogP contribution in [-0.2, 0) is 14.4 Å². The summed E-state index contributed by atoms with van der Waals surface area (Å²) in [7, 11) is 0. The summed E-state index contributed by atoms with van der Waals surface area (Å²) >= 11 is 0. The number of carbonyl (C=O) groups excluding carboxylic acids is 3. The molecule has 2 atom stereocenters. The Balaban J connectivity index is 2.40. The molecule has 6 nitrogen and oxygen atoms in total. The third-order valence-corrected chi connectivity index (χ3v) is 2.76. The second kappa shape index (κ2) is 6.34. The van der Waals surface area contributed by atoms with Crippen molar-refractivity contribution in [1.82, 2.24) is 10.6 Å².